The van der Waals surface area contributed by atoms with Crippen molar-refractivity contribution in [3.63, 3.8) is 0 Å². The van der Waals surface area contributed by atoms with E-state index in [1.54, 1.807) is 4.90 Å². The van der Waals surface area contributed by atoms with Crippen molar-refractivity contribution < 1.29 is 14.7 Å². The van der Waals surface area contributed by atoms with Gasteiger partial charge in [0.25, 0.3) is 0 Å². The van der Waals surface area contributed by atoms with E-state index in [1.165, 1.54) is 5.56 Å². The molecule has 1 aromatic carbocycles. The van der Waals surface area contributed by atoms with E-state index in [0.29, 0.717) is 6.42 Å². The van der Waals surface area contributed by atoms with E-state index in [4.69, 9.17) is 5.11 Å². The minimum Gasteiger partial charge on any atom is -0.481 e. The Morgan fingerprint density at radius 1 is 1.47 bits per heavy atom. The Hall–Kier alpha value is -1.88. The highest BCUT2D eigenvalue weighted by Crippen LogP contribution is 2.29. The van der Waals surface area contributed by atoms with Crippen LogP contribution in [0.1, 0.15) is 17.5 Å². The number of carboxylic acid groups (broad SMARTS) is 1. The van der Waals surface area contributed by atoms with E-state index in [-0.39, 0.29) is 18.9 Å². The molecule has 0 saturated heterocycles. The van der Waals surface area contributed by atoms with Crippen LogP contribution in [0.15, 0.2) is 18.2 Å². The number of amides is 1. The van der Waals surface area contributed by atoms with Crippen LogP contribution in [-0.4, -0.2) is 37.1 Å². The van der Waals surface area contributed by atoms with E-state index < -0.39 is 5.97 Å². The largest absolute Gasteiger partial charge is 0.481 e. The molecule has 0 saturated carbocycles. The lowest BCUT2D eigenvalue weighted by Gasteiger charge is -2.16. The number of nitrogens with zero attached hydrogens (tertiary/aromatic N) is 1. The second-order valence-corrected chi connectivity index (χ2v) is 4.68. The molecule has 0 unspecified atom stereocenters. The Morgan fingerprint density at radius 3 is 2.95 bits per heavy atom. The van der Waals surface area contributed by atoms with Gasteiger partial charge in [-0.05, 0) is 37.2 Å². The van der Waals surface area contributed by atoms with Gasteiger partial charge in [-0.2, -0.15) is 0 Å². The number of hydrogen-bond acceptors (Lipinski definition) is 3. The number of carbonyl (C=O) groups excluding carboxylic acids is 1. The molecule has 0 aliphatic carbocycles. The number of carboxylic acids is 1. The third-order valence-corrected chi connectivity index (χ3v) is 3.29. The van der Waals surface area contributed by atoms with Gasteiger partial charge in [0.1, 0.15) is 0 Å². The fraction of sp³-hybridized carbons (Fsp3) is 0.429. The molecular formula is C14H18N2O3. The first kappa shape index (κ1) is 13.5. The predicted molar refractivity (Wildman–Crippen MR) is 72.4 cm³/mol. The molecular weight excluding hydrogens is 244 g/mol. The molecule has 1 aliphatic rings. The highest BCUT2D eigenvalue weighted by Gasteiger charge is 2.27. The van der Waals surface area contributed by atoms with Gasteiger partial charge in [-0.25, -0.2) is 0 Å². The molecule has 0 spiro atoms. The van der Waals surface area contributed by atoms with Crippen LogP contribution in [0.4, 0.5) is 5.69 Å². The highest BCUT2D eigenvalue weighted by atomic mass is 16.4. The molecule has 1 aliphatic heterocycles. The van der Waals surface area contributed by atoms with Gasteiger partial charge in [-0.1, -0.05) is 12.1 Å². The fourth-order valence-electron chi connectivity index (χ4n) is 2.31. The molecule has 2 rings (SSSR count). The van der Waals surface area contributed by atoms with Gasteiger partial charge in [0.15, 0.2) is 0 Å². The Balaban J connectivity index is 2.13. The average Bonchev–Trinajstić information content (AvgIpc) is 2.68. The lowest BCUT2D eigenvalue weighted by molar-refractivity contribution is -0.136. The summed E-state index contributed by atoms with van der Waals surface area (Å²) in [5.74, 6) is -0.895. The fourth-order valence-corrected chi connectivity index (χ4v) is 2.31. The van der Waals surface area contributed by atoms with E-state index in [9.17, 15) is 9.59 Å². The third-order valence-electron chi connectivity index (χ3n) is 3.29. The third kappa shape index (κ3) is 3.12. The van der Waals surface area contributed by atoms with Gasteiger partial charge in [0.2, 0.25) is 5.91 Å². The van der Waals surface area contributed by atoms with Gasteiger partial charge in [-0.15, -0.1) is 0 Å². The average molecular weight is 262 g/mol. The second-order valence-electron chi connectivity index (χ2n) is 4.68. The molecule has 0 aromatic heterocycles. The summed E-state index contributed by atoms with van der Waals surface area (Å²) in [6.45, 7) is 1.15. The van der Waals surface area contributed by atoms with Crippen LogP contribution in [0.2, 0.25) is 0 Å². The summed E-state index contributed by atoms with van der Waals surface area (Å²) in [5, 5.41) is 11.8. The lowest BCUT2D eigenvalue weighted by atomic mass is 10.1. The summed E-state index contributed by atoms with van der Waals surface area (Å²) >= 11 is 0. The van der Waals surface area contributed by atoms with E-state index in [1.807, 2.05) is 25.2 Å². The molecule has 102 valence electrons. The van der Waals surface area contributed by atoms with Crippen molar-refractivity contribution in [3.05, 3.63) is 29.3 Å². The van der Waals surface area contributed by atoms with Crippen LogP contribution in [0.5, 0.6) is 0 Å². The molecule has 0 radical (unpaired) electrons. The molecule has 0 fully saturated rings. The van der Waals surface area contributed by atoms with Crippen LogP contribution in [0.3, 0.4) is 0 Å². The van der Waals surface area contributed by atoms with Crippen LogP contribution < -0.4 is 10.2 Å². The molecule has 19 heavy (non-hydrogen) atoms. The first-order chi connectivity index (χ1) is 9.11. The van der Waals surface area contributed by atoms with Crippen molar-refractivity contribution in [2.24, 2.45) is 0 Å². The maximum Gasteiger partial charge on any atom is 0.305 e. The lowest BCUT2D eigenvalue weighted by Crippen LogP contribution is -2.29. The van der Waals surface area contributed by atoms with Crippen molar-refractivity contribution in [1.29, 1.82) is 0 Å². The second kappa shape index (κ2) is 5.84. The quantitative estimate of drug-likeness (QED) is 0.796. The van der Waals surface area contributed by atoms with Gasteiger partial charge in [-0.3, -0.25) is 9.59 Å². The number of likely N-dealkylation sites (N-methyl/N-ethyl adjacent to an activating group) is 1. The maximum atomic E-state index is 11.9. The summed E-state index contributed by atoms with van der Waals surface area (Å²) in [6, 6.07) is 5.97. The zero-order valence-electron chi connectivity index (χ0n) is 11.0. The molecule has 5 heteroatoms. The number of anilines is 1. The number of fused-ring (bicyclic) bond motifs is 1. The summed E-state index contributed by atoms with van der Waals surface area (Å²) in [6.07, 6.45) is 1.28. The molecule has 1 amide bonds. The van der Waals surface area contributed by atoms with Gasteiger partial charge in [0, 0.05) is 12.2 Å². The smallest absolute Gasteiger partial charge is 0.305 e. The number of carbonyl (C=O) groups is 2. The number of nitrogens with one attached hydrogen (secondary N) is 1. The van der Waals surface area contributed by atoms with Crippen molar-refractivity contribution in [1.82, 2.24) is 5.32 Å². The van der Waals surface area contributed by atoms with Gasteiger partial charge < -0.3 is 15.3 Å². The van der Waals surface area contributed by atoms with Crippen molar-refractivity contribution >= 4 is 17.6 Å². The Labute approximate surface area is 112 Å². The minimum absolute atomic E-state index is 0.0120. The van der Waals surface area contributed by atoms with Crippen LogP contribution >= 0.6 is 0 Å². The normalized spacial score (nSPS) is 13.7. The molecule has 0 atom stereocenters. The van der Waals surface area contributed by atoms with E-state index >= 15 is 0 Å². The van der Waals surface area contributed by atoms with Crippen LogP contribution in [0.25, 0.3) is 0 Å². The topological polar surface area (TPSA) is 69.6 Å². The summed E-state index contributed by atoms with van der Waals surface area (Å²) in [5.41, 5.74) is 3.06. The van der Waals surface area contributed by atoms with Crippen molar-refractivity contribution in [2.75, 3.05) is 25.0 Å². The first-order valence-corrected chi connectivity index (χ1v) is 6.40. The molecule has 5 nitrogen and oxygen atoms in total. The minimum atomic E-state index is -0.883. The number of hydrogen-bond donors (Lipinski definition) is 2. The zero-order valence-corrected chi connectivity index (χ0v) is 11.0. The monoisotopic (exact) mass is 262 g/mol. The SMILES string of the molecule is CNCCc1ccc2c(c1)CC(=O)N2CCC(=O)O. The number of benzene rings is 1. The van der Waals surface area contributed by atoms with Gasteiger partial charge in [0.05, 0.1) is 12.8 Å². The van der Waals surface area contributed by atoms with Crippen molar-refractivity contribution in [3.8, 4) is 0 Å². The summed E-state index contributed by atoms with van der Waals surface area (Å²) in [4.78, 5) is 24.1. The van der Waals surface area contributed by atoms with Crippen LogP contribution in [0, 0.1) is 0 Å². The van der Waals surface area contributed by atoms with Gasteiger partial charge >= 0.3 is 5.97 Å². The molecule has 1 heterocycles. The Bertz CT molecular complexity index is 499. The van der Waals surface area contributed by atoms with E-state index in [0.717, 1.165) is 24.2 Å². The molecule has 0 bridgehead atoms. The standard InChI is InChI=1S/C14H18N2O3/c1-15-6-4-10-2-3-12-11(8-10)9-13(17)16(12)7-5-14(18)19/h2-3,8,15H,4-7,9H2,1H3,(H,18,19). The first-order valence-electron chi connectivity index (χ1n) is 6.40. The number of rotatable bonds is 6. The van der Waals surface area contributed by atoms with Crippen molar-refractivity contribution in [2.45, 2.75) is 19.3 Å². The zero-order chi connectivity index (χ0) is 13.8. The molecule has 2 N–H and O–H groups in total. The molecule has 1 aromatic rings. The Morgan fingerprint density at radius 2 is 2.26 bits per heavy atom. The highest BCUT2D eigenvalue weighted by molar-refractivity contribution is 6.01. The predicted octanol–water partition coefficient (Wildman–Crippen LogP) is 0.812. The summed E-state index contributed by atoms with van der Waals surface area (Å²) in [7, 11) is 1.91. The number of aliphatic carboxylic acids is 1. The van der Waals surface area contributed by atoms with E-state index in [2.05, 4.69) is 5.32 Å². The van der Waals surface area contributed by atoms with Crippen LogP contribution in [-0.2, 0) is 22.4 Å². The maximum absolute atomic E-state index is 11.9. The Kier molecular flexibility index (Phi) is 4.16. The summed E-state index contributed by atoms with van der Waals surface area (Å²) < 4.78 is 0.